The number of aromatic nitrogens is 1. The lowest BCUT2D eigenvalue weighted by Gasteiger charge is -2.23. The van der Waals surface area contributed by atoms with E-state index in [0.717, 1.165) is 40.6 Å². The molecular weight excluding hydrogens is 339 g/mol. The van der Waals surface area contributed by atoms with E-state index in [2.05, 4.69) is 40.6 Å². The Bertz CT molecular complexity index is 975. The van der Waals surface area contributed by atoms with Crippen LogP contribution < -0.4 is 0 Å². The third-order valence-electron chi connectivity index (χ3n) is 4.46. The van der Waals surface area contributed by atoms with Crippen LogP contribution in [-0.4, -0.2) is 23.1 Å². The molecule has 0 unspecified atom stereocenters. The van der Waals surface area contributed by atoms with Crippen LogP contribution in [0.3, 0.4) is 0 Å². The van der Waals surface area contributed by atoms with Gasteiger partial charge in [0, 0.05) is 45.8 Å². The fourth-order valence-electron chi connectivity index (χ4n) is 3.24. The number of hydrogen-bond acceptors (Lipinski definition) is 1. The zero-order valence-electron chi connectivity index (χ0n) is 13.3. The fraction of sp³-hybridized carbons (Fsp3) is 0.200. The second-order valence-corrected chi connectivity index (χ2v) is 7.03. The van der Waals surface area contributed by atoms with E-state index in [9.17, 15) is 0 Å². The first-order valence-corrected chi connectivity index (χ1v) is 8.65. The number of nitrogens with zero attached hydrogens (tertiary/aromatic N) is 2. The molecule has 3 aromatic rings. The monoisotopic (exact) mass is 354 g/mol. The second-order valence-electron chi connectivity index (χ2n) is 6.15. The van der Waals surface area contributed by atoms with E-state index in [0.29, 0.717) is 0 Å². The van der Waals surface area contributed by atoms with Crippen LogP contribution in [0.2, 0.25) is 10.0 Å². The maximum absolute atomic E-state index is 6.22. The molecule has 1 aliphatic rings. The van der Waals surface area contributed by atoms with Gasteiger partial charge < -0.3 is 4.90 Å². The summed E-state index contributed by atoms with van der Waals surface area (Å²) in [5.74, 6) is 3.25. The van der Waals surface area contributed by atoms with Gasteiger partial charge in [-0.1, -0.05) is 23.2 Å². The number of fused-ring (bicyclic) bond motifs is 3. The first-order valence-electron chi connectivity index (χ1n) is 7.89. The van der Waals surface area contributed by atoms with Crippen molar-refractivity contribution in [1.82, 2.24) is 9.47 Å². The molecule has 24 heavy (non-hydrogen) atoms. The minimum atomic E-state index is 0.723. The molecule has 0 saturated carbocycles. The average Bonchev–Trinajstić information content (AvgIpc) is 2.86. The highest BCUT2D eigenvalue weighted by Gasteiger charge is 2.21. The van der Waals surface area contributed by atoms with Gasteiger partial charge in [-0.05, 0) is 67.4 Å². The third-order valence-corrected chi connectivity index (χ3v) is 4.95. The first kappa shape index (κ1) is 15.6. The quantitative estimate of drug-likeness (QED) is 0.526. The van der Waals surface area contributed by atoms with Crippen LogP contribution in [0.4, 0.5) is 0 Å². The van der Waals surface area contributed by atoms with Crippen molar-refractivity contribution < 1.29 is 0 Å². The molecule has 1 aromatic heterocycles. The molecule has 1 aliphatic heterocycles. The van der Waals surface area contributed by atoms with Crippen LogP contribution in [0, 0.1) is 12.0 Å². The standard InChI is InChI=1S/C20H16Cl2N2/c1-23-10-9-17-18-12-16(22)6-7-19(18)24(20(17)13-23)11-8-14-2-4-15(21)5-3-14/h2-7,12H,9-10,13H2,1H3. The lowest BCUT2D eigenvalue weighted by Crippen LogP contribution is -2.27. The van der Waals surface area contributed by atoms with Gasteiger partial charge in [0.1, 0.15) is 0 Å². The SMILES string of the molecule is CN1CCc2c(n(C#Cc3ccc(Cl)cc3)c3ccc(Cl)cc23)C1. The third kappa shape index (κ3) is 2.80. The molecule has 2 heterocycles. The molecular formula is C20H16Cl2N2. The van der Waals surface area contributed by atoms with Crippen molar-refractivity contribution in [3.8, 4) is 12.0 Å². The lowest BCUT2D eigenvalue weighted by molar-refractivity contribution is 0.308. The minimum absolute atomic E-state index is 0.723. The van der Waals surface area contributed by atoms with Gasteiger partial charge >= 0.3 is 0 Å². The molecule has 0 saturated heterocycles. The van der Waals surface area contributed by atoms with E-state index in [1.54, 1.807) is 0 Å². The molecule has 0 atom stereocenters. The van der Waals surface area contributed by atoms with Gasteiger partial charge in [-0.25, -0.2) is 0 Å². The summed E-state index contributed by atoms with van der Waals surface area (Å²) >= 11 is 12.2. The van der Waals surface area contributed by atoms with Crippen molar-refractivity contribution in [1.29, 1.82) is 0 Å². The maximum atomic E-state index is 6.22. The summed E-state index contributed by atoms with van der Waals surface area (Å²) in [5, 5.41) is 2.71. The Labute approximate surface area is 151 Å². The number of rotatable bonds is 0. The highest BCUT2D eigenvalue weighted by Crippen LogP contribution is 2.31. The van der Waals surface area contributed by atoms with Gasteiger partial charge in [0.2, 0.25) is 0 Å². The maximum Gasteiger partial charge on any atom is 0.0619 e. The molecule has 0 spiro atoms. The minimum Gasteiger partial charge on any atom is -0.300 e. The van der Waals surface area contributed by atoms with Crippen molar-refractivity contribution in [3.05, 3.63) is 69.3 Å². The Balaban J connectivity index is 1.88. The number of hydrogen-bond donors (Lipinski definition) is 0. The Hall–Kier alpha value is -1.92. The van der Waals surface area contributed by atoms with Crippen molar-refractivity contribution >= 4 is 34.1 Å². The zero-order chi connectivity index (χ0) is 16.7. The summed E-state index contributed by atoms with van der Waals surface area (Å²) in [6.45, 7) is 1.96. The van der Waals surface area contributed by atoms with Crippen LogP contribution in [0.15, 0.2) is 42.5 Å². The van der Waals surface area contributed by atoms with Crippen LogP contribution >= 0.6 is 23.2 Å². The molecule has 0 bridgehead atoms. The molecule has 0 radical (unpaired) electrons. The van der Waals surface area contributed by atoms with Crippen LogP contribution in [0.5, 0.6) is 0 Å². The molecule has 120 valence electrons. The van der Waals surface area contributed by atoms with E-state index in [1.165, 1.54) is 16.6 Å². The van der Waals surface area contributed by atoms with Crippen molar-refractivity contribution in [3.63, 3.8) is 0 Å². The largest absolute Gasteiger partial charge is 0.300 e. The fourth-order valence-corrected chi connectivity index (χ4v) is 3.54. The summed E-state index contributed by atoms with van der Waals surface area (Å²) in [5.41, 5.74) is 4.72. The molecule has 2 nitrogen and oxygen atoms in total. The predicted molar refractivity (Wildman–Crippen MR) is 101 cm³/mol. The summed E-state index contributed by atoms with van der Waals surface area (Å²) in [6, 6.07) is 17.0. The molecule has 0 fully saturated rings. The van der Waals surface area contributed by atoms with Crippen molar-refractivity contribution in [2.45, 2.75) is 13.0 Å². The molecule has 4 rings (SSSR count). The van der Waals surface area contributed by atoms with E-state index in [4.69, 9.17) is 23.2 Å². The van der Waals surface area contributed by atoms with E-state index >= 15 is 0 Å². The topological polar surface area (TPSA) is 8.17 Å². The van der Waals surface area contributed by atoms with E-state index < -0.39 is 0 Å². The van der Waals surface area contributed by atoms with E-state index in [1.807, 2.05) is 30.3 Å². The van der Waals surface area contributed by atoms with Crippen molar-refractivity contribution in [2.75, 3.05) is 13.6 Å². The molecule has 4 heteroatoms. The summed E-state index contributed by atoms with van der Waals surface area (Å²) in [4.78, 5) is 2.32. The van der Waals surface area contributed by atoms with Gasteiger partial charge in [-0.15, -0.1) is 0 Å². The first-order chi connectivity index (χ1) is 11.6. The Kier molecular flexibility index (Phi) is 4.02. The highest BCUT2D eigenvalue weighted by atomic mass is 35.5. The second kappa shape index (κ2) is 6.18. The zero-order valence-corrected chi connectivity index (χ0v) is 14.8. The highest BCUT2D eigenvalue weighted by molar-refractivity contribution is 6.31. The van der Waals surface area contributed by atoms with Gasteiger partial charge in [-0.3, -0.25) is 4.57 Å². The van der Waals surface area contributed by atoms with Crippen LogP contribution in [0.1, 0.15) is 16.8 Å². The molecule has 2 aromatic carbocycles. The summed E-state index contributed by atoms with van der Waals surface area (Å²) in [7, 11) is 2.14. The summed E-state index contributed by atoms with van der Waals surface area (Å²) < 4.78 is 2.12. The Morgan fingerprint density at radius 3 is 2.54 bits per heavy atom. The van der Waals surface area contributed by atoms with E-state index in [-0.39, 0.29) is 0 Å². The van der Waals surface area contributed by atoms with Crippen LogP contribution in [-0.2, 0) is 13.0 Å². The normalized spacial score (nSPS) is 14.3. The smallest absolute Gasteiger partial charge is 0.0619 e. The van der Waals surface area contributed by atoms with Gasteiger partial charge in [0.25, 0.3) is 0 Å². The lowest BCUT2D eigenvalue weighted by atomic mass is 10.0. The van der Waals surface area contributed by atoms with Crippen LogP contribution in [0.25, 0.3) is 10.9 Å². The van der Waals surface area contributed by atoms with Gasteiger partial charge in [-0.2, -0.15) is 0 Å². The Morgan fingerprint density at radius 1 is 1.00 bits per heavy atom. The van der Waals surface area contributed by atoms with Gasteiger partial charge in [0.15, 0.2) is 0 Å². The summed E-state index contributed by atoms with van der Waals surface area (Å²) in [6.07, 6.45) is 1.03. The predicted octanol–water partition coefficient (Wildman–Crippen LogP) is 4.79. The average molecular weight is 355 g/mol. The number of benzene rings is 2. The molecule has 0 aliphatic carbocycles. The molecule has 0 N–H and O–H groups in total. The van der Waals surface area contributed by atoms with Crippen molar-refractivity contribution in [2.24, 2.45) is 0 Å². The number of halogens is 2. The Morgan fingerprint density at radius 2 is 1.75 bits per heavy atom. The number of likely N-dealkylation sites (N-methyl/N-ethyl adjacent to an activating group) is 1. The molecule has 0 amide bonds. The van der Waals surface area contributed by atoms with Gasteiger partial charge in [0.05, 0.1) is 5.52 Å².